The largest absolute Gasteiger partial charge is 0.382 e. The van der Waals surface area contributed by atoms with Crippen LogP contribution in [0.4, 0.5) is 0 Å². The summed E-state index contributed by atoms with van der Waals surface area (Å²) in [4.78, 5) is 0. The molecule has 0 saturated carbocycles. The molecule has 0 amide bonds. The Morgan fingerprint density at radius 1 is 1.12 bits per heavy atom. The van der Waals surface area contributed by atoms with E-state index >= 15 is 0 Å². The van der Waals surface area contributed by atoms with Gasteiger partial charge in [-0.05, 0) is 27.7 Å². The first-order valence-corrected chi connectivity index (χ1v) is 6.02. The van der Waals surface area contributed by atoms with Crippen molar-refractivity contribution >= 4 is 0 Å². The molecule has 16 heavy (non-hydrogen) atoms. The van der Waals surface area contributed by atoms with Gasteiger partial charge in [0.25, 0.3) is 0 Å². The van der Waals surface area contributed by atoms with E-state index in [1.807, 2.05) is 6.92 Å². The third-order valence-corrected chi connectivity index (χ3v) is 2.26. The molecule has 3 heteroatoms. The molecule has 0 radical (unpaired) electrons. The molecule has 3 nitrogen and oxygen atoms in total. The Hall–Kier alpha value is -0.120. The Morgan fingerprint density at radius 2 is 1.69 bits per heavy atom. The van der Waals surface area contributed by atoms with Gasteiger partial charge in [-0.3, -0.25) is 0 Å². The van der Waals surface area contributed by atoms with E-state index in [-0.39, 0.29) is 17.1 Å². The predicted octanol–water partition coefficient (Wildman–Crippen LogP) is 2.45. The second kappa shape index (κ2) is 6.58. The quantitative estimate of drug-likeness (QED) is 0.730. The van der Waals surface area contributed by atoms with Crippen molar-refractivity contribution in [2.24, 2.45) is 5.41 Å². The molecular formula is C13H29NO2. The summed E-state index contributed by atoms with van der Waals surface area (Å²) in [5, 5.41) is 3.51. The van der Waals surface area contributed by atoms with E-state index in [9.17, 15) is 0 Å². The molecule has 1 unspecified atom stereocenters. The van der Waals surface area contributed by atoms with Gasteiger partial charge in [0.1, 0.15) is 0 Å². The normalized spacial score (nSPS) is 15.2. The summed E-state index contributed by atoms with van der Waals surface area (Å²) in [5.41, 5.74) is 0.310. The average Bonchev–Trinajstić information content (AvgIpc) is 2.12. The number of hydrogen-bond acceptors (Lipinski definition) is 3. The van der Waals surface area contributed by atoms with Gasteiger partial charge in [-0.1, -0.05) is 13.8 Å². The summed E-state index contributed by atoms with van der Waals surface area (Å²) >= 11 is 0. The van der Waals surface area contributed by atoms with Crippen molar-refractivity contribution in [3.63, 3.8) is 0 Å². The second-order valence-electron chi connectivity index (χ2n) is 6.34. The Labute approximate surface area is 101 Å². The van der Waals surface area contributed by atoms with Gasteiger partial charge in [-0.2, -0.15) is 0 Å². The molecule has 0 aliphatic rings. The summed E-state index contributed by atoms with van der Waals surface area (Å²) < 4.78 is 10.8. The lowest BCUT2D eigenvalue weighted by Gasteiger charge is -2.31. The molecule has 1 atom stereocenters. The summed E-state index contributed by atoms with van der Waals surface area (Å²) in [5.74, 6) is 0. The molecule has 0 fully saturated rings. The molecule has 0 aliphatic heterocycles. The molecule has 0 aromatic heterocycles. The van der Waals surface area contributed by atoms with Gasteiger partial charge in [0.15, 0.2) is 0 Å². The summed E-state index contributed by atoms with van der Waals surface area (Å²) in [6.45, 7) is 15.4. The van der Waals surface area contributed by atoms with Gasteiger partial charge >= 0.3 is 0 Å². The van der Waals surface area contributed by atoms with Gasteiger partial charge in [0.2, 0.25) is 0 Å². The van der Waals surface area contributed by atoms with Gasteiger partial charge in [0.05, 0.1) is 19.3 Å². The minimum absolute atomic E-state index is 0.148. The van der Waals surface area contributed by atoms with E-state index in [2.05, 4.69) is 39.9 Å². The first-order chi connectivity index (χ1) is 7.16. The first kappa shape index (κ1) is 15.9. The Kier molecular flexibility index (Phi) is 6.53. The van der Waals surface area contributed by atoms with Crippen LogP contribution in [0.1, 0.15) is 41.5 Å². The van der Waals surface area contributed by atoms with E-state index in [0.717, 1.165) is 13.2 Å². The molecule has 0 aliphatic carbocycles. The zero-order valence-electron chi connectivity index (χ0n) is 12.0. The van der Waals surface area contributed by atoms with Crippen molar-refractivity contribution in [1.82, 2.24) is 5.32 Å². The van der Waals surface area contributed by atoms with Crippen molar-refractivity contribution in [2.45, 2.75) is 53.2 Å². The maximum absolute atomic E-state index is 5.75. The third-order valence-electron chi connectivity index (χ3n) is 2.26. The molecule has 0 spiro atoms. The highest BCUT2D eigenvalue weighted by Crippen LogP contribution is 2.16. The zero-order chi connectivity index (χ0) is 12.8. The lowest BCUT2D eigenvalue weighted by molar-refractivity contribution is -0.0257. The van der Waals surface area contributed by atoms with E-state index in [4.69, 9.17) is 9.47 Å². The smallest absolute Gasteiger partial charge is 0.0780 e. The number of hydrogen-bond donors (Lipinski definition) is 1. The van der Waals surface area contributed by atoms with E-state index in [0.29, 0.717) is 6.61 Å². The minimum atomic E-state index is 0.148. The Morgan fingerprint density at radius 3 is 2.12 bits per heavy atom. The topological polar surface area (TPSA) is 30.5 Å². The van der Waals surface area contributed by atoms with Crippen LogP contribution < -0.4 is 5.32 Å². The maximum Gasteiger partial charge on any atom is 0.0780 e. The molecular weight excluding hydrogens is 202 g/mol. The van der Waals surface area contributed by atoms with E-state index < -0.39 is 0 Å². The highest BCUT2D eigenvalue weighted by molar-refractivity contribution is 4.78. The molecule has 0 aromatic rings. The first-order valence-electron chi connectivity index (χ1n) is 6.02. The van der Waals surface area contributed by atoms with Crippen LogP contribution in [0.5, 0.6) is 0 Å². The Bertz CT molecular complexity index is 185. The van der Waals surface area contributed by atoms with Crippen LogP contribution in [0.15, 0.2) is 0 Å². The number of methoxy groups -OCH3 is 1. The lowest BCUT2D eigenvalue weighted by atomic mass is 9.93. The molecule has 0 saturated heterocycles. The molecule has 0 aromatic carbocycles. The van der Waals surface area contributed by atoms with Crippen LogP contribution in [0.3, 0.4) is 0 Å². The SMILES string of the molecule is COCC(C)OCC(C)(C)CNC(C)(C)C. The third kappa shape index (κ3) is 9.13. The van der Waals surface area contributed by atoms with Crippen molar-refractivity contribution in [3.05, 3.63) is 0 Å². The number of ether oxygens (including phenoxy) is 2. The fourth-order valence-corrected chi connectivity index (χ4v) is 1.21. The van der Waals surface area contributed by atoms with Crippen LogP contribution in [0.2, 0.25) is 0 Å². The number of rotatable bonds is 7. The molecule has 1 N–H and O–H groups in total. The van der Waals surface area contributed by atoms with Crippen molar-refractivity contribution < 1.29 is 9.47 Å². The summed E-state index contributed by atoms with van der Waals surface area (Å²) in [6.07, 6.45) is 0.166. The Balaban J connectivity index is 3.86. The van der Waals surface area contributed by atoms with Gasteiger partial charge in [0, 0.05) is 24.6 Å². The van der Waals surface area contributed by atoms with E-state index in [1.54, 1.807) is 7.11 Å². The standard InChI is InChI=1S/C13H29NO2/c1-11(8-15-7)16-10-13(5,6)9-14-12(2,3)4/h11,14H,8-10H2,1-7H3. The predicted molar refractivity (Wildman–Crippen MR) is 68.8 cm³/mol. The van der Waals surface area contributed by atoms with Gasteiger partial charge < -0.3 is 14.8 Å². The van der Waals surface area contributed by atoms with Crippen molar-refractivity contribution in [2.75, 3.05) is 26.9 Å². The van der Waals surface area contributed by atoms with Crippen LogP contribution in [0, 0.1) is 5.41 Å². The zero-order valence-corrected chi connectivity index (χ0v) is 12.0. The maximum atomic E-state index is 5.75. The molecule has 98 valence electrons. The molecule has 0 bridgehead atoms. The fraction of sp³-hybridized carbons (Fsp3) is 1.00. The van der Waals surface area contributed by atoms with Crippen molar-refractivity contribution in [3.8, 4) is 0 Å². The molecule has 0 heterocycles. The lowest BCUT2D eigenvalue weighted by Crippen LogP contribution is -2.43. The second-order valence-corrected chi connectivity index (χ2v) is 6.34. The fourth-order valence-electron chi connectivity index (χ4n) is 1.21. The van der Waals surface area contributed by atoms with Gasteiger partial charge in [-0.25, -0.2) is 0 Å². The monoisotopic (exact) mass is 231 g/mol. The van der Waals surface area contributed by atoms with Crippen molar-refractivity contribution in [1.29, 1.82) is 0 Å². The van der Waals surface area contributed by atoms with E-state index in [1.165, 1.54) is 0 Å². The van der Waals surface area contributed by atoms with Crippen LogP contribution in [-0.4, -0.2) is 38.5 Å². The number of nitrogens with one attached hydrogen (secondary N) is 1. The van der Waals surface area contributed by atoms with Crippen LogP contribution in [-0.2, 0) is 9.47 Å². The van der Waals surface area contributed by atoms with Crippen LogP contribution in [0.25, 0.3) is 0 Å². The minimum Gasteiger partial charge on any atom is -0.382 e. The summed E-state index contributed by atoms with van der Waals surface area (Å²) in [7, 11) is 1.70. The highest BCUT2D eigenvalue weighted by atomic mass is 16.5. The molecule has 0 rings (SSSR count). The van der Waals surface area contributed by atoms with Gasteiger partial charge in [-0.15, -0.1) is 0 Å². The average molecular weight is 231 g/mol. The highest BCUT2D eigenvalue weighted by Gasteiger charge is 2.22. The summed E-state index contributed by atoms with van der Waals surface area (Å²) in [6, 6.07) is 0. The van der Waals surface area contributed by atoms with Crippen LogP contribution >= 0.6 is 0 Å².